The third-order valence-electron chi connectivity index (χ3n) is 4.43. The summed E-state index contributed by atoms with van der Waals surface area (Å²) in [5, 5.41) is 15.2. The lowest BCUT2D eigenvalue weighted by Gasteiger charge is -2.29. The van der Waals surface area contributed by atoms with E-state index in [1.807, 2.05) is 48.5 Å². The highest BCUT2D eigenvalue weighted by Gasteiger charge is 2.39. The summed E-state index contributed by atoms with van der Waals surface area (Å²) in [6, 6.07) is 22.8. The Bertz CT molecular complexity index is 892. The lowest BCUT2D eigenvalue weighted by molar-refractivity contribution is -0.146. The number of hydrogen-bond acceptors (Lipinski definition) is 3. The Kier molecular flexibility index (Phi) is 4.91. The van der Waals surface area contributed by atoms with Crippen molar-refractivity contribution in [3.8, 4) is 0 Å². The van der Waals surface area contributed by atoms with Crippen LogP contribution in [0.1, 0.15) is 17.5 Å². The third kappa shape index (κ3) is 3.44. The summed E-state index contributed by atoms with van der Waals surface area (Å²) < 4.78 is 0. The van der Waals surface area contributed by atoms with Crippen molar-refractivity contribution in [2.75, 3.05) is 0 Å². The lowest BCUT2D eigenvalue weighted by atomic mass is 9.86. The minimum atomic E-state index is -1.44. The Labute approximate surface area is 146 Å². The molecule has 4 nitrogen and oxygen atoms in total. The molecule has 126 valence electrons. The number of rotatable bonds is 7. The Morgan fingerprint density at radius 3 is 2.32 bits per heavy atom. The number of carboxylic acid groups (broad SMARTS) is 1. The van der Waals surface area contributed by atoms with Gasteiger partial charge in [0.05, 0.1) is 0 Å². The molecule has 3 rings (SSSR count). The summed E-state index contributed by atoms with van der Waals surface area (Å²) in [5.41, 5.74) is 0.0933. The van der Waals surface area contributed by atoms with Gasteiger partial charge in [0.1, 0.15) is 11.8 Å². The maximum absolute atomic E-state index is 12.0. The number of aldehydes is 1. The molecule has 3 aromatic carbocycles. The van der Waals surface area contributed by atoms with Crippen molar-refractivity contribution in [1.29, 1.82) is 0 Å². The molecule has 1 atom stereocenters. The van der Waals surface area contributed by atoms with Gasteiger partial charge in [-0.05, 0) is 28.0 Å². The maximum Gasteiger partial charge on any atom is 0.329 e. The summed E-state index contributed by atoms with van der Waals surface area (Å²) in [7, 11) is 0. The Balaban J connectivity index is 1.91. The first-order valence-electron chi connectivity index (χ1n) is 8.11. The first kappa shape index (κ1) is 16.9. The zero-order valence-electron chi connectivity index (χ0n) is 13.7. The van der Waals surface area contributed by atoms with Crippen LogP contribution in [0.25, 0.3) is 10.8 Å². The van der Waals surface area contributed by atoms with E-state index in [-0.39, 0.29) is 6.42 Å². The van der Waals surface area contributed by atoms with Gasteiger partial charge in [-0.3, -0.25) is 5.32 Å². The molecular formula is C21H19NO3. The van der Waals surface area contributed by atoms with Gasteiger partial charge in [0.15, 0.2) is 0 Å². The molecule has 0 saturated heterocycles. The fraction of sp³-hybridized carbons (Fsp3) is 0.143. The zero-order valence-corrected chi connectivity index (χ0v) is 13.7. The van der Waals surface area contributed by atoms with Crippen LogP contribution in [0.3, 0.4) is 0 Å². The normalized spacial score (nSPS) is 13.3. The number of aliphatic carboxylic acids is 1. The molecule has 0 amide bonds. The van der Waals surface area contributed by atoms with E-state index in [0.29, 0.717) is 18.4 Å². The third-order valence-corrected chi connectivity index (χ3v) is 4.43. The smallest absolute Gasteiger partial charge is 0.329 e. The van der Waals surface area contributed by atoms with Crippen molar-refractivity contribution in [3.05, 3.63) is 83.9 Å². The van der Waals surface area contributed by atoms with Crippen LogP contribution in [-0.4, -0.2) is 17.4 Å². The number of carboxylic acids is 1. The van der Waals surface area contributed by atoms with Gasteiger partial charge >= 0.3 is 5.97 Å². The average molecular weight is 333 g/mol. The van der Waals surface area contributed by atoms with Crippen LogP contribution in [0.5, 0.6) is 0 Å². The van der Waals surface area contributed by atoms with Crippen LogP contribution < -0.4 is 5.32 Å². The monoisotopic (exact) mass is 333 g/mol. The van der Waals surface area contributed by atoms with Crippen molar-refractivity contribution in [2.24, 2.45) is 0 Å². The van der Waals surface area contributed by atoms with Crippen molar-refractivity contribution in [1.82, 2.24) is 5.32 Å². The molecule has 0 bridgehead atoms. The predicted molar refractivity (Wildman–Crippen MR) is 97.2 cm³/mol. The van der Waals surface area contributed by atoms with Gasteiger partial charge in [-0.15, -0.1) is 0 Å². The largest absolute Gasteiger partial charge is 0.480 e. The standard InChI is InChI=1S/C21H19NO3/c23-13-12-21(20(24)25,19-8-2-1-3-9-19)22-15-16-10-11-17-6-4-5-7-18(17)14-16/h1-11,13-14,22H,12,15H2,(H,24,25). The molecular weight excluding hydrogens is 314 g/mol. The summed E-state index contributed by atoms with van der Waals surface area (Å²) in [4.78, 5) is 23.2. The molecule has 3 aromatic rings. The topological polar surface area (TPSA) is 66.4 Å². The van der Waals surface area contributed by atoms with Gasteiger partial charge in [0, 0.05) is 13.0 Å². The van der Waals surface area contributed by atoms with Gasteiger partial charge in [-0.1, -0.05) is 66.7 Å². The predicted octanol–water partition coefficient (Wildman–Crippen LogP) is 3.50. The second-order valence-electron chi connectivity index (χ2n) is 5.98. The van der Waals surface area contributed by atoms with Crippen molar-refractivity contribution in [2.45, 2.75) is 18.5 Å². The van der Waals surface area contributed by atoms with Crippen LogP contribution in [0.4, 0.5) is 0 Å². The number of carbonyl (C=O) groups excluding carboxylic acids is 1. The van der Waals surface area contributed by atoms with Gasteiger partial charge < -0.3 is 9.90 Å². The SMILES string of the molecule is O=CCC(NCc1ccc2ccccc2c1)(C(=O)O)c1ccccc1. The molecule has 0 spiro atoms. The van der Waals surface area contributed by atoms with Gasteiger partial charge in [0.25, 0.3) is 0 Å². The molecule has 0 aliphatic rings. The molecule has 4 heteroatoms. The van der Waals surface area contributed by atoms with Gasteiger partial charge in [-0.25, -0.2) is 4.79 Å². The molecule has 0 radical (unpaired) electrons. The molecule has 2 N–H and O–H groups in total. The van der Waals surface area contributed by atoms with E-state index in [9.17, 15) is 14.7 Å². The van der Waals surface area contributed by atoms with Crippen LogP contribution in [0.2, 0.25) is 0 Å². The maximum atomic E-state index is 12.0. The summed E-state index contributed by atoms with van der Waals surface area (Å²) in [5.74, 6) is -1.06. The lowest BCUT2D eigenvalue weighted by Crippen LogP contribution is -2.49. The minimum absolute atomic E-state index is 0.139. The van der Waals surface area contributed by atoms with Crippen LogP contribution in [-0.2, 0) is 21.7 Å². The highest BCUT2D eigenvalue weighted by Crippen LogP contribution is 2.26. The van der Waals surface area contributed by atoms with E-state index < -0.39 is 11.5 Å². The van der Waals surface area contributed by atoms with Gasteiger partial charge in [-0.2, -0.15) is 0 Å². The van der Waals surface area contributed by atoms with Crippen LogP contribution in [0.15, 0.2) is 72.8 Å². The van der Waals surface area contributed by atoms with E-state index >= 15 is 0 Å². The minimum Gasteiger partial charge on any atom is -0.480 e. The summed E-state index contributed by atoms with van der Waals surface area (Å²) in [6.07, 6.45) is 0.508. The number of benzene rings is 3. The van der Waals surface area contributed by atoms with Crippen LogP contribution >= 0.6 is 0 Å². The number of nitrogens with one attached hydrogen (secondary N) is 1. The van der Waals surface area contributed by atoms with E-state index in [0.717, 1.165) is 16.3 Å². The Morgan fingerprint density at radius 2 is 1.64 bits per heavy atom. The molecule has 0 aliphatic heterocycles. The highest BCUT2D eigenvalue weighted by molar-refractivity contribution is 5.84. The Morgan fingerprint density at radius 1 is 0.960 bits per heavy atom. The summed E-state index contributed by atoms with van der Waals surface area (Å²) in [6.45, 7) is 0.347. The van der Waals surface area contributed by atoms with Crippen molar-refractivity contribution < 1.29 is 14.7 Å². The van der Waals surface area contributed by atoms with Crippen molar-refractivity contribution in [3.63, 3.8) is 0 Å². The quantitative estimate of drug-likeness (QED) is 0.650. The van der Waals surface area contributed by atoms with E-state index in [4.69, 9.17) is 0 Å². The second-order valence-corrected chi connectivity index (χ2v) is 5.98. The average Bonchev–Trinajstić information content (AvgIpc) is 2.65. The number of fused-ring (bicyclic) bond motifs is 1. The number of carbonyl (C=O) groups is 2. The molecule has 1 unspecified atom stereocenters. The molecule has 0 aromatic heterocycles. The molecule has 0 fully saturated rings. The summed E-state index contributed by atoms with van der Waals surface area (Å²) >= 11 is 0. The Hall–Kier alpha value is -2.98. The first-order valence-corrected chi connectivity index (χ1v) is 8.11. The second kappa shape index (κ2) is 7.28. The zero-order chi connectivity index (χ0) is 17.7. The molecule has 0 aliphatic carbocycles. The molecule has 25 heavy (non-hydrogen) atoms. The fourth-order valence-electron chi connectivity index (χ4n) is 3.03. The molecule has 0 heterocycles. The fourth-order valence-corrected chi connectivity index (χ4v) is 3.03. The van der Waals surface area contributed by atoms with Gasteiger partial charge in [0.2, 0.25) is 0 Å². The van der Waals surface area contributed by atoms with Crippen molar-refractivity contribution >= 4 is 23.0 Å². The van der Waals surface area contributed by atoms with E-state index in [1.54, 1.807) is 24.3 Å². The first-order chi connectivity index (χ1) is 12.2. The van der Waals surface area contributed by atoms with E-state index in [2.05, 4.69) is 5.32 Å². The highest BCUT2D eigenvalue weighted by atomic mass is 16.4. The van der Waals surface area contributed by atoms with E-state index in [1.165, 1.54) is 0 Å². The number of hydrogen-bond donors (Lipinski definition) is 2. The molecule has 0 saturated carbocycles. The van der Waals surface area contributed by atoms with Crippen LogP contribution in [0, 0.1) is 0 Å².